The van der Waals surface area contributed by atoms with Crippen LogP contribution in [0.15, 0.2) is 48.5 Å². The molecule has 1 atom stereocenters. The van der Waals surface area contributed by atoms with Crippen LogP contribution in [-0.2, 0) is 16.0 Å². The lowest BCUT2D eigenvalue weighted by atomic mass is 9.95. The van der Waals surface area contributed by atoms with Gasteiger partial charge in [-0.25, -0.2) is 9.59 Å². The lowest BCUT2D eigenvalue weighted by molar-refractivity contribution is -0.139. The third-order valence-corrected chi connectivity index (χ3v) is 3.81. The molecule has 0 aliphatic carbocycles. The van der Waals surface area contributed by atoms with Crippen molar-refractivity contribution in [3.05, 3.63) is 54.1 Å². The van der Waals surface area contributed by atoms with Gasteiger partial charge in [0.05, 0.1) is 7.11 Å². The number of aliphatic carboxylic acids is 1. The maximum Gasteiger partial charge on any atom is 0.408 e. The van der Waals surface area contributed by atoms with E-state index in [-0.39, 0.29) is 6.42 Å². The third kappa shape index (κ3) is 6.02. The first kappa shape index (κ1) is 20.3. The summed E-state index contributed by atoms with van der Waals surface area (Å²) < 4.78 is 10.5. The smallest absolute Gasteiger partial charge is 0.408 e. The molecule has 0 radical (unpaired) electrons. The molecular weight excluding hydrogens is 346 g/mol. The summed E-state index contributed by atoms with van der Waals surface area (Å²) in [6.45, 7) is 5.16. The van der Waals surface area contributed by atoms with E-state index in [0.717, 1.165) is 16.7 Å². The van der Waals surface area contributed by atoms with Crippen LogP contribution < -0.4 is 10.1 Å². The quantitative estimate of drug-likeness (QED) is 0.805. The molecule has 0 aromatic heterocycles. The first-order valence-corrected chi connectivity index (χ1v) is 8.64. The van der Waals surface area contributed by atoms with E-state index >= 15 is 0 Å². The molecular formula is C21H25NO5. The largest absolute Gasteiger partial charge is 0.497 e. The number of carbonyl (C=O) groups is 2. The Labute approximate surface area is 159 Å². The summed E-state index contributed by atoms with van der Waals surface area (Å²) in [7, 11) is 1.55. The predicted molar refractivity (Wildman–Crippen MR) is 103 cm³/mol. The number of benzene rings is 2. The van der Waals surface area contributed by atoms with Gasteiger partial charge in [-0.15, -0.1) is 0 Å². The fourth-order valence-electron chi connectivity index (χ4n) is 2.64. The molecule has 0 spiro atoms. The monoisotopic (exact) mass is 371 g/mol. The number of ether oxygens (including phenoxy) is 2. The highest BCUT2D eigenvalue weighted by atomic mass is 16.6. The number of carboxylic acid groups (broad SMARTS) is 1. The number of carbonyl (C=O) groups excluding carboxylic acids is 1. The molecule has 2 aromatic rings. The Hall–Kier alpha value is -3.02. The van der Waals surface area contributed by atoms with Gasteiger partial charge in [0.25, 0.3) is 0 Å². The van der Waals surface area contributed by atoms with Crippen molar-refractivity contribution in [1.29, 1.82) is 0 Å². The summed E-state index contributed by atoms with van der Waals surface area (Å²) in [5, 5.41) is 12.0. The van der Waals surface area contributed by atoms with Crippen molar-refractivity contribution >= 4 is 12.1 Å². The first-order valence-electron chi connectivity index (χ1n) is 8.64. The van der Waals surface area contributed by atoms with E-state index < -0.39 is 23.7 Å². The minimum Gasteiger partial charge on any atom is -0.497 e. The third-order valence-electron chi connectivity index (χ3n) is 3.81. The number of hydrogen-bond acceptors (Lipinski definition) is 4. The van der Waals surface area contributed by atoms with Crippen LogP contribution >= 0.6 is 0 Å². The van der Waals surface area contributed by atoms with Gasteiger partial charge >= 0.3 is 12.1 Å². The molecule has 144 valence electrons. The van der Waals surface area contributed by atoms with Crippen molar-refractivity contribution in [3.63, 3.8) is 0 Å². The molecule has 2 N–H and O–H groups in total. The second-order valence-corrected chi connectivity index (χ2v) is 7.13. The molecule has 0 fully saturated rings. The van der Waals surface area contributed by atoms with Crippen molar-refractivity contribution in [2.45, 2.75) is 38.8 Å². The van der Waals surface area contributed by atoms with Crippen molar-refractivity contribution in [2.75, 3.05) is 7.11 Å². The van der Waals surface area contributed by atoms with E-state index in [1.165, 1.54) is 0 Å². The summed E-state index contributed by atoms with van der Waals surface area (Å²) >= 11 is 0. The number of rotatable bonds is 6. The maximum atomic E-state index is 12.0. The highest BCUT2D eigenvalue weighted by Crippen LogP contribution is 2.28. The Morgan fingerprint density at radius 2 is 1.78 bits per heavy atom. The summed E-state index contributed by atoms with van der Waals surface area (Å²) in [6, 6.07) is 14.0. The highest BCUT2D eigenvalue weighted by molar-refractivity contribution is 5.81. The van der Waals surface area contributed by atoms with Crippen LogP contribution in [0.25, 0.3) is 11.1 Å². The van der Waals surface area contributed by atoms with Crippen LogP contribution in [0.5, 0.6) is 5.75 Å². The topological polar surface area (TPSA) is 84.9 Å². The summed E-state index contributed by atoms with van der Waals surface area (Å²) in [5.74, 6) is -0.520. The molecule has 0 unspecified atom stereocenters. The second kappa shape index (κ2) is 8.58. The van der Waals surface area contributed by atoms with Crippen LogP contribution in [0.4, 0.5) is 4.79 Å². The summed E-state index contributed by atoms with van der Waals surface area (Å²) in [5.41, 5.74) is 1.88. The fourth-order valence-corrected chi connectivity index (χ4v) is 2.64. The van der Waals surface area contributed by atoms with E-state index in [4.69, 9.17) is 9.47 Å². The van der Waals surface area contributed by atoms with E-state index in [2.05, 4.69) is 5.32 Å². The van der Waals surface area contributed by atoms with Crippen LogP contribution in [-0.4, -0.2) is 35.9 Å². The fraction of sp³-hybridized carbons (Fsp3) is 0.333. The molecule has 27 heavy (non-hydrogen) atoms. The van der Waals surface area contributed by atoms with Gasteiger partial charge in [0.15, 0.2) is 0 Å². The lowest BCUT2D eigenvalue weighted by Gasteiger charge is -2.22. The molecule has 0 saturated heterocycles. The van der Waals surface area contributed by atoms with Gasteiger partial charge in [-0.3, -0.25) is 0 Å². The zero-order chi connectivity index (χ0) is 20.0. The first-order chi connectivity index (χ1) is 12.7. The van der Waals surface area contributed by atoms with E-state index in [1.54, 1.807) is 33.9 Å². The Morgan fingerprint density at radius 1 is 1.11 bits per heavy atom. The van der Waals surface area contributed by atoms with Gasteiger partial charge < -0.3 is 19.9 Å². The Kier molecular flexibility index (Phi) is 6.45. The molecule has 1 amide bonds. The number of alkyl carbamates (subject to hydrolysis) is 1. The standard InChI is InChI=1S/C21H25NO5/c1-21(2,3)27-20(25)22-18(19(23)24)13-15-12-16(26-4)10-11-17(15)14-8-6-5-7-9-14/h5-12,18H,13H2,1-4H3,(H,22,25)(H,23,24)/t18-/m0/s1. The van der Waals surface area contributed by atoms with Crippen LogP contribution in [0.1, 0.15) is 26.3 Å². The lowest BCUT2D eigenvalue weighted by Crippen LogP contribution is -2.44. The molecule has 2 aromatic carbocycles. The van der Waals surface area contributed by atoms with Crippen molar-refractivity contribution < 1.29 is 24.2 Å². The van der Waals surface area contributed by atoms with Gasteiger partial charge in [-0.2, -0.15) is 0 Å². The zero-order valence-corrected chi connectivity index (χ0v) is 16.0. The van der Waals surface area contributed by atoms with Crippen molar-refractivity contribution in [1.82, 2.24) is 5.32 Å². The SMILES string of the molecule is COc1ccc(-c2ccccc2)c(C[C@H](NC(=O)OC(C)(C)C)C(=O)O)c1. The van der Waals surface area contributed by atoms with E-state index in [9.17, 15) is 14.7 Å². The Balaban J connectivity index is 2.31. The van der Waals surface area contributed by atoms with Crippen LogP contribution in [0, 0.1) is 0 Å². The number of methoxy groups -OCH3 is 1. The highest BCUT2D eigenvalue weighted by Gasteiger charge is 2.25. The number of carboxylic acids is 1. The Bertz CT molecular complexity index is 796. The maximum absolute atomic E-state index is 12.0. The van der Waals surface area contributed by atoms with Crippen molar-refractivity contribution in [3.8, 4) is 16.9 Å². The van der Waals surface area contributed by atoms with Gasteiger partial charge in [0.2, 0.25) is 0 Å². The molecule has 6 heteroatoms. The molecule has 2 rings (SSSR count). The summed E-state index contributed by atoms with van der Waals surface area (Å²) in [4.78, 5) is 23.7. The molecule has 6 nitrogen and oxygen atoms in total. The van der Waals surface area contributed by atoms with Crippen LogP contribution in [0.3, 0.4) is 0 Å². The Morgan fingerprint density at radius 3 is 2.33 bits per heavy atom. The molecule has 0 saturated carbocycles. The molecule has 0 bridgehead atoms. The molecule has 0 heterocycles. The summed E-state index contributed by atoms with van der Waals surface area (Å²) in [6.07, 6.45) is -0.672. The van der Waals surface area contributed by atoms with E-state index in [1.807, 2.05) is 42.5 Å². The van der Waals surface area contributed by atoms with Gasteiger partial charge in [0.1, 0.15) is 17.4 Å². The minimum atomic E-state index is -1.14. The van der Waals surface area contributed by atoms with Crippen LogP contribution in [0.2, 0.25) is 0 Å². The van der Waals surface area contributed by atoms with Gasteiger partial charge in [-0.1, -0.05) is 36.4 Å². The predicted octanol–water partition coefficient (Wildman–Crippen LogP) is 3.88. The van der Waals surface area contributed by atoms with E-state index in [0.29, 0.717) is 5.75 Å². The van der Waals surface area contributed by atoms with Gasteiger partial charge in [-0.05, 0) is 49.6 Å². The number of amides is 1. The second-order valence-electron chi connectivity index (χ2n) is 7.13. The van der Waals surface area contributed by atoms with Gasteiger partial charge in [0, 0.05) is 6.42 Å². The minimum absolute atomic E-state index is 0.0933. The van der Waals surface area contributed by atoms with Crippen molar-refractivity contribution in [2.24, 2.45) is 0 Å². The molecule has 0 aliphatic heterocycles. The normalized spacial score (nSPS) is 12.1. The number of hydrogen-bond donors (Lipinski definition) is 2. The zero-order valence-electron chi connectivity index (χ0n) is 16.0. The number of nitrogens with one attached hydrogen (secondary N) is 1. The average molecular weight is 371 g/mol. The average Bonchev–Trinajstić information content (AvgIpc) is 2.60. The molecule has 0 aliphatic rings.